The van der Waals surface area contributed by atoms with Crippen LogP contribution >= 0.6 is 0 Å². The number of hydrogen-bond acceptors (Lipinski definition) is 5. The summed E-state index contributed by atoms with van der Waals surface area (Å²) in [7, 11) is 1.43. The van der Waals surface area contributed by atoms with E-state index in [2.05, 4.69) is 5.32 Å². The molecule has 0 aromatic carbocycles. The highest BCUT2D eigenvalue weighted by molar-refractivity contribution is 5.73. The Bertz CT molecular complexity index is 247. The van der Waals surface area contributed by atoms with E-state index in [-0.39, 0.29) is 18.6 Å². The molecule has 1 aliphatic heterocycles. The minimum atomic E-state index is -0.894. The zero-order chi connectivity index (χ0) is 12.3. The molecule has 1 aliphatic rings. The maximum Gasteiger partial charge on any atom is 0.217 e. The molecule has 94 valence electrons. The topological polar surface area (TPSA) is 88.0 Å². The van der Waals surface area contributed by atoms with Crippen LogP contribution in [0.4, 0.5) is 0 Å². The van der Waals surface area contributed by atoms with Gasteiger partial charge in [0.1, 0.15) is 18.3 Å². The van der Waals surface area contributed by atoms with Gasteiger partial charge in [-0.2, -0.15) is 0 Å². The summed E-state index contributed by atoms with van der Waals surface area (Å²) in [5.74, 6) is -0.239. The summed E-state index contributed by atoms with van der Waals surface area (Å²) >= 11 is 0. The number of methoxy groups -OCH3 is 1. The van der Waals surface area contributed by atoms with E-state index in [1.54, 1.807) is 6.92 Å². The predicted molar refractivity (Wildman–Crippen MR) is 55.8 cm³/mol. The first-order valence-corrected chi connectivity index (χ1v) is 5.25. The lowest BCUT2D eigenvalue weighted by atomic mass is 9.93. The number of carbonyl (C=O) groups is 1. The molecule has 1 heterocycles. The molecule has 0 radical (unpaired) electrons. The zero-order valence-electron chi connectivity index (χ0n) is 9.71. The molecule has 5 atom stereocenters. The van der Waals surface area contributed by atoms with Crippen molar-refractivity contribution in [2.75, 3.05) is 13.7 Å². The van der Waals surface area contributed by atoms with Crippen molar-refractivity contribution in [3.8, 4) is 0 Å². The first-order valence-electron chi connectivity index (χ1n) is 5.25. The molecule has 3 N–H and O–H groups in total. The Morgan fingerprint density at radius 1 is 1.56 bits per heavy atom. The maximum absolute atomic E-state index is 11.0. The summed E-state index contributed by atoms with van der Waals surface area (Å²) in [5, 5.41) is 21.7. The van der Waals surface area contributed by atoms with Gasteiger partial charge < -0.3 is 25.0 Å². The van der Waals surface area contributed by atoms with Crippen LogP contribution in [0.1, 0.15) is 13.8 Å². The Morgan fingerprint density at radius 2 is 2.19 bits per heavy atom. The second kappa shape index (κ2) is 5.58. The van der Waals surface area contributed by atoms with Crippen LogP contribution in [-0.2, 0) is 14.3 Å². The zero-order valence-corrected chi connectivity index (χ0v) is 9.71. The molecule has 0 aromatic rings. The molecule has 1 amide bonds. The number of hydrogen-bond donors (Lipinski definition) is 3. The number of aliphatic hydroxyl groups excluding tert-OH is 2. The lowest BCUT2D eigenvalue weighted by Gasteiger charge is -2.42. The van der Waals surface area contributed by atoms with Crippen molar-refractivity contribution in [3.63, 3.8) is 0 Å². The molecule has 0 aliphatic carbocycles. The van der Waals surface area contributed by atoms with Crippen LogP contribution in [0.2, 0.25) is 0 Å². The van der Waals surface area contributed by atoms with Crippen LogP contribution in [-0.4, -0.2) is 60.3 Å². The molecule has 2 unspecified atom stereocenters. The summed E-state index contributed by atoms with van der Waals surface area (Å²) in [5.41, 5.74) is 0. The SMILES string of the molecule is CO[C@H]1[C@H](O)C(NC(C)=O)C(C)O[C@@H]1CO. The summed E-state index contributed by atoms with van der Waals surface area (Å²) < 4.78 is 10.6. The third-order valence-corrected chi connectivity index (χ3v) is 2.79. The van der Waals surface area contributed by atoms with E-state index in [4.69, 9.17) is 14.6 Å². The number of carbonyl (C=O) groups excluding carboxylic acids is 1. The molecule has 1 rings (SSSR count). The van der Waals surface area contributed by atoms with E-state index >= 15 is 0 Å². The Kier molecular flexibility index (Phi) is 4.67. The van der Waals surface area contributed by atoms with Crippen LogP contribution in [0, 0.1) is 0 Å². The summed E-state index contributed by atoms with van der Waals surface area (Å²) in [6.07, 6.45) is -2.48. The molecule has 0 aromatic heterocycles. The van der Waals surface area contributed by atoms with Gasteiger partial charge in [-0.25, -0.2) is 0 Å². The van der Waals surface area contributed by atoms with Crippen molar-refractivity contribution in [1.82, 2.24) is 5.32 Å². The molecule has 0 bridgehead atoms. The van der Waals surface area contributed by atoms with Crippen LogP contribution < -0.4 is 5.32 Å². The van der Waals surface area contributed by atoms with E-state index < -0.39 is 24.4 Å². The summed E-state index contributed by atoms with van der Waals surface area (Å²) in [6.45, 7) is 2.88. The highest BCUT2D eigenvalue weighted by atomic mass is 16.6. The van der Waals surface area contributed by atoms with E-state index in [0.29, 0.717) is 0 Å². The maximum atomic E-state index is 11.0. The van der Waals surface area contributed by atoms with Crippen molar-refractivity contribution >= 4 is 5.91 Å². The van der Waals surface area contributed by atoms with E-state index in [1.165, 1.54) is 14.0 Å². The van der Waals surface area contributed by atoms with Gasteiger partial charge in [0.15, 0.2) is 0 Å². The number of ether oxygens (including phenoxy) is 2. The van der Waals surface area contributed by atoms with Gasteiger partial charge >= 0.3 is 0 Å². The smallest absolute Gasteiger partial charge is 0.217 e. The number of amides is 1. The van der Waals surface area contributed by atoms with Crippen LogP contribution in [0.5, 0.6) is 0 Å². The number of aliphatic hydroxyl groups is 2. The lowest BCUT2D eigenvalue weighted by Crippen LogP contribution is -2.63. The fraction of sp³-hybridized carbons (Fsp3) is 0.900. The molecule has 6 heteroatoms. The van der Waals surface area contributed by atoms with Crippen molar-refractivity contribution in [3.05, 3.63) is 0 Å². The molecule has 0 spiro atoms. The first kappa shape index (κ1) is 13.4. The molecule has 1 fully saturated rings. The van der Waals surface area contributed by atoms with E-state index in [0.717, 1.165) is 0 Å². The standard InChI is InChI=1S/C10H19NO5/c1-5-8(11-6(2)13)9(14)10(15-3)7(4-12)16-5/h5,7-10,12,14H,4H2,1-3H3,(H,11,13)/t5?,7-,8?,9-,10-/m1/s1. The minimum Gasteiger partial charge on any atom is -0.394 e. The molecule has 16 heavy (non-hydrogen) atoms. The second-order valence-corrected chi connectivity index (χ2v) is 3.98. The van der Waals surface area contributed by atoms with Gasteiger partial charge in [-0.1, -0.05) is 0 Å². The van der Waals surface area contributed by atoms with Gasteiger partial charge in [0.25, 0.3) is 0 Å². The van der Waals surface area contributed by atoms with Gasteiger partial charge in [-0.3, -0.25) is 4.79 Å². The monoisotopic (exact) mass is 233 g/mol. The van der Waals surface area contributed by atoms with Crippen LogP contribution in [0.15, 0.2) is 0 Å². The summed E-state index contributed by atoms with van der Waals surface area (Å²) in [4.78, 5) is 11.0. The van der Waals surface area contributed by atoms with Crippen LogP contribution in [0.25, 0.3) is 0 Å². The first-order chi connectivity index (χ1) is 7.51. The molecular formula is C10H19NO5. The third-order valence-electron chi connectivity index (χ3n) is 2.79. The highest BCUT2D eigenvalue weighted by Gasteiger charge is 2.43. The Labute approximate surface area is 94.5 Å². The Hall–Kier alpha value is -0.690. The largest absolute Gasteiger partial charge is 0.394 e. The normalized spacial score (nSPS) is 39.4. The lowest BCUT2D eigenvalue weighted by molar-refractivity contribution is -0.199. The molecule has 1 saturated heterocycles. The summed E-state index contributed by atoms with van der Waals surface area (Å²) in [6, 6.07) is -0.523. The quantitative estimate of drug-likeness (QED) is 0.561. The third kappa shape index (κ3) is 2.70. The Balaban J connectivity index is 2.76. The van der Waals surface area contributed by atoms with Gasteiger partial charge in [0.05, 0.1) is 18.8 Å². The minimum absolute atomic E-state index is 0.229. The molecular weight excluding hydrogens is 214 g/mol. The average Bonchev–Trinajstić information content (AvgIpc) is 2.23. The van der Waals surface area contributed by atoms with Gasteiger partial charge in [-0.15, -0.1) is 0 Å². The predicted octanol–water partition coefficient (Wildman–Crippen LogP) is -1.35. The van der Waals surface area contributed by atoms with Gasteiger partial charge in [0.2, 0.25) is 5.91 Å². The fourth-order valence-electron chi connectivity index (χ4n) is 2.02. The van der Waals surface area contributed by atoms with Gasteiger partial charge in [0, 0.05) is 14.0 Å². The molecule has 6 nitrogen and oxygen atoms in total. The van der Waals surface area contributed by atoms with Crippen molar-refractivity contribution < 1.29 is 24.5 Å². The van der Waals surface area contributed by atoms with E-state index in [9.17, 15) is 9.90 Å². The fourth-order valence-corrected chi connectivity index (χ4v) is 2.02. The van der Waals surface area contributed by atoms with Crippen molar-refractivity contribution in [1.29, 1.82) is 0 Å². The molecule has 0 saturated carbocycles. The van der Waals surface area contributed by atoms with Crippen molar-refractivity contribution in [2.45, 2.75) is 44.3 Å². The number of rotatable bonds is 3. The Morgan fingerprint density at radius 3 is 2.62 bits per heavy atom. The van der Waals surface area contributed by atoms with E-state index in [1.807, 2.05) is 0 Å². The number of nitrogens with one attached hydrogen (secondary N) is 1. The highest BCUT2D eigenvalue weighted by Crippen LogP contribution is 2.22. The van der Waals surface area contributed by atoms with Gasteiger partial charge in [-0.05, 0) is 6.92 Å². The average molecular weight is 233 g/mol. The van der Waals surface area contributed by atoms with Crippen LogP contribution in [0.3, 0.4) is 0 Å². The second-order valence-electron chi connectivity index (χ2n) is 3.98. The van der Waals surface area contributed by atoms with Crippen molar-refractivity contribution in [2.24, 2.45) is 0 Å².